The highest BCUT2D eigenvalue weighted by Gasteiger charge is 2.05. The van der Waals surface area contributed by atoms with Crippen molar-refractivity contribution in [2.75, 3.05) is 0 Å². The fraction of sp³-hybridized carbons (Fsp3) is 0.240. The topological polar surface area (TPSA) is 35.5 Å². The molecule has 3 nitrogen and oxygen atoms in total. The Balaban J connectivity index is 1.56. The van der Waals surface area contributed by atoms with Gasteiger partial charge in [0.25, 0.3) is 0 Å². The average molecular weight is 376 g/mol. The Bertz CT molecular complexity index is 716. The van der Waals surface area contributed by atoms with Gasteiger partial charge in [0, 0.05) is 12.8 Å². The second-order valence-corrected chi connectivity index (χ2v) is 6.59. The van der Waals surface area contributed by atoms with Crippen LogP contribution < -0.4 is 0 Å². The standard InChI is InChI=1S/C25H28O3/c1-4-21-10-14-23(15-11-21)18-27-20(3)8-6-7-9-25(26)28-19-24-16-12-22(5-2)13-17-24/h4-5,10-17H,1-3,6-9,18-19H2. The third-order valence-corrected chi connectivity index (χ3v) is 4.36. The van der Waals surface area contributed by atoms with Crippen LogP contribution in [0.25, 0.3) is 12.2 Å². The van der Waals surface area contributed by atoms with E-state index in [0.29, 0.717) is 19.6 Å². The minimum Gasteiger partial charge on any atom is -0.494 e. The Morgan fingerprint density at radius 1 is 0.750 bits per heavy atom. The van der Waals surface area contributed by atoms with E-state index in [2.05, 4.69) is 19.7 Å². The fourth-order valence-electron chi connectivity index (χ4n) is 2.58. The number of carbonyl (C=O) groups excluding carboxylic acids is 1. The highest BCUT2D eigenvalue weighted by atomic mass is 16.5. The Morgan fingerprint density at radius 3 is 1.71 bits per heavy atom. The van der Waals surface area contributed by atoms with Crippen molar-refractivity contribution >= 4 is 18.1 Å². The summed E-state index contributed by atoms with van der Waals surface area (Å²) < 4.78 is 11.0. The van der Waals surface area contributed by atoms with E-state index in [-0.39, 0.29) is 5.97 Å². The van der Waals surface area contributed by atoms with Crippen molar-refractivity contribution in [3.05, 3.63) is 96.3 Å². The third-order valence-electron chi connectivity index (χ3n) is 4.36. The molecule has 0 aliphatic rings. The maximum Gasteiger partial charge on any atom is 0.306 e. The van der Waals surface area contributed by atoms with Crippen LogP contribution in [-0.4, -0.2) is 5.97 Å². The Morgan fingerprint density at radius 2 is 1.21 bits per heavy atom. The van der Waals surface area contributed by atoms with Gasteiger partial charge in [0.05, 0.1) is 5.76 Å². The highest BCUT2D eigenvalue weighted by Crippen LogP contribution is 2.14. The second-order valence-electron chi connectivity index (χ2n) is 6.59. The Hall–Kier alpha value is -3.07. The van der Waals surface area contributed by atoms with Crippen molar-refractivity contribution in [3.63, 3.8) is 0 Å². The molecule has 0 unspecified atom stereocenters. The molecule has 0 bridgehead atoms. The maximum atomic E-state index is 11.8. The molecular formula is C25H28O3. The minimum absolute atomic E-state index is 0.179. The third kappa shape index (κ3) is 7.67. The van der Waals surface area contributed by atoms with Crippen molar-refractivity contribution in [3.8, 4) is 0 Å². The lowest BCUT2D eigenvalue weighted by Gasteiger charge is -2.09. The van der Waals surface area contributed by atoms with Gasteiger partial charge in [-0.1, -0.05) is 80.4 Å². The molecule has 0 aliphatic carbocycles. The fourth-order valence-corrected chi connectivity index (χ4v) is 2.58. The van der Waals surface area contributed by atoms with Crippen LogP contribution in [0.4, 0.5) is 0 Å². The van der Waals surface area contributed by atoms with Crippen molar-refractivity contribution in [1.82, 2.24) is 0 Å². The number of carbonyl (C=O) groups is 1. The van der Waals surface area contributed by atoms with Crippen LogP contribution in [0.3, 0.4) is 0 Å². The summed E-state index contributed by atoms with van der Waals surface area (Å²) in [6, 6.07) is 15.8. The van der Waals surface area contributed by atoms with E-state index in [1.165, 1.54) is 0 Å². The molecule has 2 rings (SSSR count). The van der Waals surface area contributed by atoms with Crippen LogP contribution in [-0.2, 0) is 27.5 Å². The van der Waals surface area contributed by atoms with Gasteiger partial charge in [0.15, 0.2) is 0 Å². The van der Waals surface area contributed by atoms with Crippen molar-refractivity contribution in [2.24, 2.45) is 0 Å². The number of ether oxygens (including phenoxy) is 2. The summed E-state index contributed by atoms with van der Waals surface area (Å²) in [4.78, 5) is 11.8. The Labute approximate surface area is 168 Å². The normalized spacial score (nSPS) is 10.1. The first kappa shape index (κ1) is 21.2. The van der Waals surface area contributed by atoms with Gasteiger partial charge in [-0.2, -0.15) is 0 Å². The van der Waals surface area contributed by atoms with E-state index >= 15 is 0 Å². The molecule has 0 amide bonds. The summed E-state index contributed by atoms with van der Waals surface area (Å²) >= 11 is 0. The summed E-state index contributed by atoms with van der Waals surface area (Å²) in [5, 5.41) is 0. The first-order valence-electron chi connectivity index (χ1n) is 9.49. The summed E-state index contributed by atoms with van der Waals surface area (Å²) in [5.74, 6) is 0.560. The van der Waals surface area contributed by atoms with Crippen molar-refractivity contribution in [1.29, 1.82) is 0 Å². The summed E-state index contributed by atoms with van der Waals surface area (Å²) in [6.07, 6.45) is 6.34. The number of unbranched alkanes of at least 4 members (excludes halogenated alkanes) is 1. The molecule has 2 aromatic rings. The van der Waals surface area contributed by atoms with E-state index < -0.39 is 0 Å². The lowest BCUT2D eigenvalue weighted by atomic mass is 10.1. The second kappa shape index (κ2) is 11.6. The lowest BCUT2D eigenvalue weighted by molar-refractivity contribution is -0.145. The largest absolute Gasteiger partial charge is 0.494 e. The van der Waals surface area contributed by atoms with Crippen LogP contribution in [0.2, 0.25) is 0 Å². The summed E-state index contributed by atoms with van der Waals surface area (Å²) in [5.41, 5.74) is 4.20. The zero-order chi connectivity index (χ0) is 20.2. The molecule has 0 heterocycles. The van der Waals surface area contributed by atoms with Gasteiger partial charge in [0.1, 0.15) is 13.2 Å². The molecule has 0 aromatic heterocycles. The van der Waals surface area contributed by atoms with Gasteiger partial charge in [-0.05, 0) is 35.1 Å². The first-order chi connectivity index (χ1) is 13.6. The van der Waals surface area contributed by atoms with E-state index in [1.807, 2.05) is 54.6 Å². The number of esters is 1. The SMILES string of the molecule is C=Cc1ccc(COC(=C)CCCCC(=O)OCc2ccc(C=C)cc2)cc1. The summed E-state index contributed by atoms with van der Waals surface area (Å²) in [6.45, 7) is 12.2. The molecular weight excluding hydrogens is 348 g/mol. The van der Waals surface area contributed by atoms with Gasteiger partial charge >= 0.3 is 5.97 Å². The quantitative estimate of drug-likeness (QED) is 0.247. The molecule has 0 fully saturated rings. The predicted octanol–water partition coefficient (Wildman–Crippen LogP) is 6.31. The number of hydrogen-bond donors (Lipinski definition) is 0. The molecule has 3 heteroatoms. The van der Waals surface area contributed by atoms with Gasteiger partial charge in [0.2, 0.25) is 0 Å². The molecule has 146 valence electrons. The van der Waals surface area contributed by atoms with Gasteiger partial charge in [-0.3, -0.25) is 4.79 Å². The van der Waals surface area contributed by atoms with Crippen LogP contribution in [0.1, 0.15) is 47.9 Å². The van der Waals surface area contributed by atoms with Gasteiger partial charge in [-0.15, -0.1) is 0 Å². The van der Waals surface area contributed by atoms with Crippen LogP contribution in [0.15, 0.2) is 74.0 Å². The van der Waals surface area contributed by atoms with Crippen LogP contribution in [0, 0.1) is 0 Å². The number of allylic oxidation sites excluding steroid dienone is 1. The number of hydrogen-bond acceptors (Lipinski definition) is 3. The highest BCUT2D eigenvalue weighted by molar-refractivity contribution is 5.69. The van der Waals surface area contributed by atoms with E-state index in [1.54, 1.807) is 6.08 Å². The van der Waals surface area contributed by atoms with Crippen molar-refractivity contribution in [2.45, 2.75) is 38.9 Å². The van der Waals surface area contributed by atoms with Crippen LogP contribution in [0.5, 0.6) is 0 Å². The Kier molecular flexibility index (Phi) is 8.80. The molecule has 28 heavy (non-hydrogen) atoms. The van der Waals surface area contributed by atoms with E-state index in [4.69, 9.17) is 9.47 Å². The maximum absolute atomic E-state index is 11.8. The molecule has 2 aromatic carbocycles. The molecule has 0 radical (unpaired) electrons. The molecule has 0 N–H and O–H groups in total. The zero-order valence-electron chi connectivity index (χ0n) is 16.4. The molecule has 0 atom stereocenters. The molecule has 0 saturated carbocycles. The van der Waals surface area contributed by atoms with E-state index in [0.717, 1.165) is 47.3 Å². The monoisotopic (exact) mass is 376 g/mol. The smallest absolute Gasteiger partial charge is 0.306 e. The number of benzene rings is 2. The first-order valence-corrected chi connectivity index (χ1v) is 9.49. The minimum atomic E-state index is -0.179. The van der Waals surface area contributed by atoms with Crippen molar-refractivity contribution < 1.29 is 14.3 Å². The predicted molar refractivity (Wildman–Crippen MR) is 115 cm³/mol. The average Bonchev–Trinajstić information content (AvgIpc) is 2.74. The van der Waals surface area contributed by atoms with Crippen LogP contribution >= 0.6 is 0 Å². The lowest BCUT2D eigenvalue weighted by Crippen LogP contribution is -2.04. The zero-order valence-corrected chi connectivity index (χ0v) is 16.4. The molecule has 0 aliphatic heterocycles. The molecule has 0 saturated heterocycles. The number of rotatable bonds is 12. The summed E-state index contributed by atoms with van der Waals surface area (Å²) in [7, 11) is 0. The van der Waals surface area contributed by atoms with Gasteiger partial charge in [-0.25, -0.2) is 0 Å². The molecule has 0 spiro atoms. The van der Waals surface area contributed by atoms with Gasteiger partial charge < -0.3 is 9.47 Å². The van der Waals surface area contributed by atoms with E-state index in [9.17, 15) is 4.79 Å².